The fourth-order valence-electron chi connectivity index (χ4n) is 2.26. The van der Waals surface area contributed by atoms with Crippen LogP contribution in [-0.4, -0.2) is 41.6 Å². The minimum Gasteiger partial charge on any atom is -0.356 e. The molecule has 1 aromatic carbocycles. The Hall–Kier alpha value is -1.49. The lowest BCUT2D eigenvalue weighted by Gasteiger charge is -2.27. The third-order valence-electron chi connectivity index (χ3n) is 3.65. The van der Waals surface area contributed by atoms with Crippen LogP contribution in [0, 0.1) is 0 Å². The van der Waals surface area contributed by atoms with Crippen molar-refractivity contribution in [1.82, 2.24) is 9.97 Å². The van der Waals surface area contributed by atoms with Crippen molar-refractivity contribution in [1.29, 1.82) is 0 Å². The minimum absolute atomic E-state index is 0.449. The summed E-state index contributed by atoms with van der Waals surface area (Å²) in [5.41, 5.74) is 0.988. The number of benzene rings is 1. The molecule has 1 atom stereocenters. The van der Waals surface area contributed by atoms with E-state index in [-0.39, 0.29) is 0 Å². The zero-order valence-electron chi connectivity index (χ0n) is 13.3. The second-order valence-corrected chi connectivity index (χ2v) is 6.15. The van der Waals surface area contributed by atoms with E-state index in [0.29, 0.717) is 12.0 Å². The molecule has 0 saturated heterocycles. The first-order valence-electron chi connectivity index (χ1n) is 7.39. The van der Waals surface area contributed by atoms with Crippen LogP contribution in [-0.2, 0) is 0 Å². The third-order valence-corrected chi connectivity index (χ3v) is 4.30. The maximum atomic E-state index is 4.72. The summed E-state index contributed by atoms with van der Waals surface area (Å²) in [5.74, 6) is 2.87. The van der Waals surface area contributed by atoms with E-state index < -0.39 is 0 Å². The average Bonchev–Trinajstić information content (AvgIpc) is 2.51. The van der Waals surface area contributed by atoms with E-state index in [2.05, 4.69) is 48.4 Å². The molecule has 1 N–H and O–H groups in total. The fraction of sp³-hybridized carbons (Fsp3) is 0.500. The summed E-state index contributed by atoms with van der Waals surface area (Å²) in [7, 11) is 2.12. The van der Waals surface area contributed by atoms with E-state index in [0.717, 1.165) is 35.4 Å². The number of hydrogen-bond donors (Lipinski definition) is 1. The number of anilines is 2. The highest BCUT2D eigenvalue weighted by Gasteiger charge is 2.15. The van der Waals surface area contributed by atoms with Crippen molar-refractivity contribution in [3.63, 3.8) is 0 Å². The maximum Gasteiger partial charge on any atom is 0.225 e. The molecule has 1 unspecified atom stereocenters. The molecule has 5 heteroatoms. The molecule has 0 aliphatic carbocycles. The Morgan fingerprint density at radius 2 is 2.05 bits per heavy atom. The van der Waals surface area contributed by atoms with E-state index in [4.69, 9.17) is 4.98 Å². The first-order chi connectivity index (χ1) is 10.2. The van der Waals surface area contributed by atoms with Crippen molar-refractivity contribution >= 4 is 34.4 Å². The Kier molecular flexibility index (Phi) is 5.67. The molecule has 0 radical (unpaired) electrons. The molecule has 0 amide bonds. The number of thioether (sulfide) groups is 1. The smallest absolute Gasteiger partial charge is 0.225 e. The summed E-state index contributed by atoms with van der Waals surface area (Å²) in [4.78, 5) is 11.6. The molecule has 0 bridgehead atoms. The number of nitrogens with one attached hydrogen (secondary N) is 1. The predicted octanol–water partition coefficient (Wildman–Crippen LogP) is 3.64. The second kappa shape index (κ2) is 7.50. The van der Waals surface area contributed by atoms with Crippen LogP contribution in [0.3, 0.4) is 0 Å². The summed E-state index contributed by atoms with van der Waals surface area (Å²) < 4.78 is 0. The van der Waals surface area contributed by atoms with E-state index >= 15 is 0 Å². The summed E-state index contributed by atoms with van der Waals surface area (Å²) in [6.45, 7) is 5.13. The summed E-state index contributed by atoms with van der Waals surface area (Å²) in [6.07, 6.45) is 3.29. The molecule has 0 aliphatic rings. The molecule has 4 nitrogen and oxygen atoms in total. The van der Waals surface area contributed by atoms with Gasteiger partial charge in [-0.3, -0.25) is 0 Å². The molecule has 114 valence electrons. The number of nitrogens with zero attached hydrogens (tertiary/aromatic N) is 3. The van der Waals surface area contributed by atoms with E-state index in [9.17, 15) is 0 Å². The Balaban J connectivity index is 2.40. The summed E-state index contributed by atoms with van der Waals surface area (Å²) in [6, 6.07) is 8.65. The number of rotatable bonds is 7. The van der Waals surface area contributed by atoms with Crippen LogP contribution in [0.4, 0.5) is 11.8 Å². The predicted molar refractivity (Wildman–Crippen MR) is 94.6 cm³/mol. The van der Waals surface area contributed by atoms with Crippen molar-refractivity contribution in [2.75, 3.05) is 35.8 Å². The minimum atomic E-state index is 0.449. The number of hydrogen-bond acceptors (Lipinski definition) is 5. The first-order valence-corrected chi connectivity index (χ1v) is 8.79. The van der Waals surface area contributed by atoms with Crippen molar-refractivity contribution in [3.8, 4) is 0 Å². The summed E-state index contributed by atoms with van der Waals surface area (Å²) in [5, 5.41) is 4.33. The average molecular weight is 304 g/mol. The maximum absolute atomic E-state index is 4.72. The van der Waals surface area contributed by atoms with Crippen LogP contribution < -0.4 is 10.2 Å². The van der Waals surface area contributed by atoms with E-state index in [1.54, 1.807) is 0 Å². The molecule has 0 saturated carbocycles. The van der Waals surface area contributed by atoms with Crippen LogP contribution in [0.25, 0.3) is 10.9 Å². The zero-order valence-corrected chi connectivity index (χ0v) is 14.1. The number of para-hydroxylation sites is 1. The quantitative estimate of drug-likeness (QED) is 0.846. The van der Waals surface area contributed by atoms with Gasteiger partial charge in [0.25, 0.3) is 0 Å². The molecule has 2 aromatic rings. The normalized spacial score (nSPS) is 12.4. The third kappa shape index (κ3) is 3.79. The Labute approximate surface area is 131 Å². The number of aromatic nitrogens is 2. The van der Waals surface area contributed by atoms with Gasteiger partial charge in [-0.1, -0.05) is 12.1 Å². The molecule has 0 spiro atoms. The monoisotopic (exact) mass is 304 g/mol. The van der Waals surface area contributed by atoms with Gasteiger partial charge in [0.2, 0.25) is 5.95 Å². The van der Waals surface area contributed by atoms with Crippen molar-refractivity contribution < 1.29 is 0 Å². The molecule has 0 fully saturated rings. The van der Waals surface area contributed by atoms with Gasteiger partial charge >= 0.3 is 0 Å². The highest BCUT2D eigenvalue weighted by molar-refractivity contribution is 7.98. The highest BCUT2D eigenvalue weighted by atomic mass is 32.2. The van der Waals surface area contributed by atoms with Gasteiger partial charge in [-0.15, -0.1) is 0 Å². The largest absolute Gasteiger partial charge is 0.356 e. The second-order valence-electron chi connectivity index (χ2n) is 5.16. The van der Waals surface area contributed by atoms with Gasteiger partial charge in [-0.05, 0) is 44.4 Å². The van der Waals surface area contributed by atoms with Gasteiger partial charge in [-0.2, -0.15) is 16.7 Å². The van der Waals surface area contributed by atoms with Crippen LogP contribution in [0.5, 0.6) is 0 Å². The molecule has 21 heavy (non-hydrogen) atoms. The molecule has 0 aliphatic heterocycles. The highest BCUT2D eigenvalue weighted by Crippen LogP contribution is 2.26. The van der Waals surface area contributed by atoms with Gasteiger partial charge in [-0.25, -0.2) is 4.98 Å². The van der Waals surface area contributed by atoms with E-state index in [1.165, 1.54) is 0 Å². The van der Waals surface area contributed by atoms with Gasteiger partial charge in [0.1, 0.15) is 5.82 Å². The van der Waals surface area contributed by atoms with Crippen LogP contribution >= 0.6 is 11.8 Å². The SMILES string of the molecule is CCNc1nc(N(C)C(C)CCSC)c2ccccc2n1. The fourth-order valence-corrected chi connectivity index (χ4v) is 2.83. The van der Waals surface area contributed by atoms with Gasteiger partial charge in [0.15, 0.2) is 0 Å². The van der Waals surface area contributed by atoms with Gasteiger partial charge < -0.3 is 10.2 Å². The van der Waals surface area contributed by atoms with E-state index in [1.807, 2.05) is 30.0 Å². The van der Waals surface area contributed by atoms with Crippen LogP contribution in [0.15, 0.2) is 24.3 Å². The summed E-state index contributed by atoms with van der Waals surface area (Å²) >= 11 is 1.89. The van der Waals surface area contributed by atoms with Crippen LogP contribution in [0.1, 0.15) is 20.3 Å². The van der Waals surface area contributed by atoms with Gasteiger partial charge in [0, 0.05) is 25.0 Å². The number of fused-ring (bicyclic) bond motifs is 1. The Morgan fingerprint density at radius 3 is 2.76 bits per heavy atom. The van der Waals surface area contributed by atoms with Crippen molar-refractivity contribution in [2.24, 2.45) is 0 Å². The van der Waals surface area contributed by atoms with Gasteiger partial charge in [0.05, 0.1) is 5.52 Å². The zero-order chi connectivity index (χ0) is 15.2. The Bertz CT molecular complexity index is 587. The Morgan fingerprint density at radius 1 is 1.29 bits per heavy atom. The van der Waals surface area contributed by atoms with Crippen LogP contribution in [0.2, 0.25) is 0 Å². The molecule has 2 rings (SSSR count). The molecule has 1 heterocycles. The topological polar surface area (TPSA) is 41.1 Å². The van der Waals surface area contributed by atoms with Crippen molar-refractivity contribution in [2.45, 2.75) is 26.3 Å². The first kappa shape index (κ1) is 15.9. The lowest BCUT2D eigenvalue weighted by Crippen LogP contribution is -2.30. The standard InChI is InChI=1S/C16H24N4S/c1-5-17-16-18-14-9-7-6-8-13(14)15(19-16)20(3)12(2)10-11-21-4/h6-9,12H,5,10-11H2,1-4H3,(H,17,18,19). The lowest BCUT2D eigenvalue weighted by atomic mass is 10.2. The molecular formula is C16H24N4S. The molecule has 1 aromatic heterocycles. The lowest BCUT2D eigenvalue weighted by molar-refractivity contribution is 0.664. The molecular weight excluding hydrogens is 280 g/mol. The van der Waals surface area contributed by atoms with Crippen molar-refractivity contribution in [3.05, 3.63) is 24.3 Å².